The van der Waals surface area contributed by atoms with Gasteiger partial charge >= 0.3 is 0 Å². The van der Waals surface area contributed by atoms with E-state index >= 15 is 0 Å². The molecule has 1 aliphatic heterocycles. The van der Waals surface area contributed by atoms with Gasteiger partial charge in [-0.15, -0.1) is 0 Å². The Morgan fingerprint density at radius 2 is 2.30 bits per heavy atom. The Labute approximate surface area is 139 Å². The summed E-state index contributed by atoms with van der Waals surface area (Å²) in [4.78, 5) is 11.3. The van der Waals surface area contributed by atoms with Crippen molar-refractivity contribution in [2.75, 3.05) is 32.7 Å². The van der Waals surface area contributed by atoms with Gasteiger partial charge in [0.15, 0.2) is 5.96 Å². The molecule has 0 saturated carbocycles. The number of nitrogens with zero attached hydrogens (tertiary/aromatic N) is 5. The van der Waals surface area contributed by atoms with E-state index in [0.29, 0.717) is 6.54 Å². The predicted molar refractivity (Wildman–Crippen MR) is 93.3 cm³/mol. The SMILES string of the molecule is CCNC(=NCc1ncnn1C)NCCCN1CCCC(C)C1. The maximum Gasteiger partial charge on any atom is 0.191 e. The summed E-state index contributed by atoms with van der Waals surface area (Å²) in [7, 11) is 1.89. The normalized spacial score (nSPS) is 19.8. The molecule has 130 valence electrons. The number of aromatic nitrogens is 3. The zero-order valence-electron chi connectivity index (χ0n) is 14.8. The highest BCUT2D eigenvalue weighted by molar-refractivity contribution is 5.79. The van der Waals surface area contributed by atoms with Gasteiger partial charge in [-0.2, -0.15) is 5.10 Å². The molecular weight excluding hydrogens is 290 g/mol. The van der Waals surface area contributed by atoms with E-state index in [4.69, 9.17) is 0 Å². The lowest BCUT2D eigenvalue weighted by molar-refractivity contribution is 0.182. The van der Waals surface area contributed by atoms with E-state index in [1.54, 1.807) is 11.0 Å². The number of piperidine rings is 1. The van der Waals surface area contributed by atoms with Gasteiger partial charge in [0.25, 0.3) is 0 Å². The van der Waals surface area contributed by atoms with E-state index in [-0.39, 0.29) is 0 Å². The number of aryl methyl sites for hydroxylation is 1. The molecule has 1 aromatic heterocycles. The van der Waals surface area contributed by atoms with Gasteiger partial charge < -0.3 is 15.5 Å². The largest absolute Gasteiger partial charge is 0.357 e. The second-order valence-electron chi connectivity index (χ2n) is 6.32. The van der Waals surface area contributed by atoms with Crippen LogP contribution in [-0.4, -0.2) is 58.3 Å². The summed E-state index contributed by atoms with van der Waals surface area (Å²) in [6.07, 6.45) is 5.43. The molecule has 2 rings (SSSR count). The second-order valence-corrected chi connectivity index (χ2v) is 6.32. The lowest BCUT2D eigenvalue weighted by atomic mass is 10.0. The van der Waals surface area contributed by atoms with Crippen LogP contribution in [0.4, 0.5) is 0 Å². The quantitative estimate of drug-likeness (QED) is 0.445. The van der Waals surface area contributed by atoms with Crippen LogP contribution in [0.5, 0.6) is 0 Å². The molecular formula is C16H31N7. The third-order valence-corrected chi connectivity index (χ3v) is 4.21. The van der Waals surface area contributed by atoms with Gasteiger partial charge in [-0.1, -0.05) is 6.92 Å². The number of likely N-dealkylation sites (tertiary alicyclic amines) is 1. The van der Waals surface area contributed by atoms with E-state index in [9.17, 15) is 0 Å². The zero-order valence-corrected chi connectivity index (χ0v) is 14.8. The van der Waals surface area contributed by atoms with E-state index in [2.05, 4.69) is 44.5 Å². The van der Waals surface area contributed by atoms with Gasteiger partial charge in [0.05, 0.1) is 0 Å². The number of nitrogens with one attached hydrogen (secondary N) is 2. The van der Waals surface area contributed by atoms with Crippen molar-refractivity contribution in [3.63, 3.8) is 0 Å². The summed E-state index contributed by atoms with van der Waals surface area (Å²) in [6.45, 7) is 10.4. The predicted octanol–water partition coefficient (Wildman–Crippen LogP) is 0.992. The van der Waals surface area contributed by atoms with Crippen LogP contribution in [0.15, 0.2) is 11.3 Å². The Morgan fingerprint density at radius 3 is 3.00 bits per heavy atom. The fourth-order valence-corrected chi connectivity index (χ4v) is 2.95. The average molecular weight is 321 g/mol. The van der Waals surface area contributed by atoms with Crippen molar-refractivity contribution < 1.29 is 0 Å². The van der Waals surface area contributed by atoms with Crippen LogP contribution in [0.3, 0.4) is 0 Å². The summed E-state index contributed by atoms with van der Waals surface area (Å²) in [5, 5.41) is 10.7. The zero-order chi connectivity index (χ0) is 16.5. The molecule has 2 heterocycles. The summed E-state index contributed by atoms with van der Waals surface area (Å²) < 4.78 is 1.75. The number of rotatable bonds is 7. The van der Waals surface area contributed by atoms with Crippen molar-refractivity contribution in [3.05, 3.63) is 12.2 Å². The fraction of sp³-hybridized carbons (Fsp3) is 0.812. The van der Waals surface area contributed by atoms with Gasteiger partial charge in [-0.3, -0.25) is 4.68 Å². The highest BCUT2D eigenvalue weighted by atomic mass is 15.3. The molecule has 7 heteroatoms. The Kier molecular flexibility index (Phi) is 7.32. The maximum atomic E-state index is 4.57. The van der Waals surface area contributed by atoms with Crippen LogP contribution in [0.1, 0.15) is 38.9 Å². The highest BCUT2D eigenvalue weighted by Gasteiger charge is 2.15. The molecule has 1 saturated heterocycles. The summed E-state index contributed by atoms with van der Waals surface area (Å²) in [6, 6.07) is 0. The molecule has 0 aliphatic carbocycles. The molecule has 1 aliphatic rings. The van der Waals surface area contributed by atoms with E-state index < -0.39 is 0 Å². The number of guanidine groups is 1. The van der Waals surface area contributed by atoms with E-state index in [1.165, 1.54) is 32.5 Å². The third-order valence-electron chi connectivity index (χ3n) is 4.21. The second kappa shape index (κ2) is 9.50. The Morgan fingerprint density at radius 1 is 1.43 bits per heavy atom. The van der Waals surface area contributed by atoms with E-state index in [0.717, 1.165) is 37.2 Å². The average Bonchev–Trinajstić information content (AvgIpc) is 2.94. The topological polar surface area (TPSA) is 70.4 Å². The van der Waals surface area contributed by atoms with Crippen molar-refractivity contribution in [2.24, 2.45) is 18.0 Å². The first-order valence-corrected chi connectivity index (χ1v) is 8.76. The van der Waals surface area contributed by atoms with Crippen molar-refractivity contribution in [1.82, 2.24) is 30.3 Å². The lowest BCUT2D eigenvalue weighted by Crippen LogP contribution is -2.40. The van der Waals surface area contributed by atoms with Crippen LogP contribution in [0.25, 0.3) is 0 Å². The molecule has 0 spiro atoms. The number of aliphatic imine (C=N–C) groups is 1. The molecule has 1 aromatic rings. The minimum atomic E-state index is 0.537. The lowest BCUT2D eigenvalue weighted by Gasteiger charge is -2.30. The molecule has 0 aromatic carbocycles. The van der Waals surface area contributed by atoms with Gasteiger partial charge in [0.2, 0.25) is 0 Å². The van der Waals surface area contributed by atoms with Gasteiger partial charge in [-0.05, 0) is 45.2 Å². The van der Waals surface area contributed by atoms with Crippen LogP contribution >= 0.6 is 0 Å². The standard InChI is InChI=1S/C16H31N7/c1-4-17-16(19-11-15-20-13-21-22(15)3)18-8-6-10-23-9-5-7-14(2)12-23/h13-14H,4-12H2,1-3H3,(H2,17,18,19). The number of hydrogen-bond donors (Lipinski definition) is 2. The van der Waals surface area contributed by atoms with Crippen LogP contribution in [-0.2, 0) is 13.6 Å². The smallest absolute Gasteiger partial charge is 0.191 e. The monoisotopic (exact) mass is 321 g/mol. The number of hydrogen-bond acceptors (Lipinski definition) is 4. The minimum absolute atomic E-state index is 0.537. The molecule has 1 atom stereocenters. The van der Waals surface area contributed by atoms with Gasteiger partial charge in [0.1, 0.15) is 18.7 Å². The first kappa shape index (κ1) is 17.7. The molecule has 1 fully saturated rings. The summed E-state index contributed by atoms with van der Waals surface area (Å²) >= 11 is 0. The van der Waals surface area contributed by atoms with Crippen molar-refractivity contribution in [2.45, 2.75) is 39.7 Å². The third kappa shape index (κ3) is 6.17. The minimum Gasteiger partial charge on any atom is -0.357 e. The molecule has 2 N–H and O–H groups in total. The van der Waals surface area contributed by atoms with Crippen molar-refractivity contribution in [1.29, 1.82) is 0 Å². The van der Waals surface area contributed by atoms with Gasteiger partial charge in [-0.25, -0.2) is 9.98 Å². The van der Waals surface area contributed by atoms with E-state index in [1.807, 2.05) is 7.05 Å². The first-order chi connectivity index (χ1) is 11.2. The van der Waals surface area contributed by atoms with Crippen molar-refractivity contribution in [3.8, 4) is 0 Å². The Hall–Kier alpha value is -1.63. The highest BCUT2D eigenvalue weighted by Crippen LogP contribution is 2.15. The Balaban J connectivity index is 1.70. The molecule has 7 nitrogen and oxygen atoms in total. The van der Waals surface area contributed by atoms with Crippen molar-refractivity contribution >= 4 is 5.96 Å². The first-order valence-electron chi connectivity index (χ1n) is 8.76. The van der Waals surface area contributed by atoms with Crippen LogP contribution in [0, 0.1) is 5.92 Å². The molecule has 0 radical (unpaired) electrons. The van der Waals surface area contributed by atoms with Crippen LogP contribution < -0.4 is 10.6 Å². The Bertz CT molecular complexity index is 483. The van der Waals surface area contributed by atoms with Gasteiger partial charge in [0, 0.05) is 26.7 Å². The fourth-order valence-electron chi connectivity index (χ4n) is 2.95. The maximum absolute atomic E-state index is 4.57. The van der Waals surface area contributed by atoms with Crippen LogP contribution in [0.2, 0.25) is 0 Å². The molecule has 0 amide bonds. The summed E-state index contributed by atoms with van der Waals surface area (Å²) in [5.41, 5.74) is 0. The summed E-state index contributed by atoms with van der Waals surface area (Å²) in [5.74, 6) is 2.56. The molecule has 1 unspecified atom stereocenters. The molecule has 0 bridgehead atoms. The molecule has 23 heavy (non-hydrogen) atoms.